The van der Waals surface area contributed by atoms with Crippen LogP contribution >= 0.6 is 0 Å². The first kappa shape index (κ1) is 21.4. The standard InChI is InChI=1S/C26H26N4O2/c1-2-8-25-28-24(16-13-19-9-4-3-5-10-19)29-30(25)18-21-15-14-20(17-27-21)22-11-6-7-12-23(22)26(31)32/h3-7,9-12,14-15,17H,2,8,13,16,18H2,1H3,(H,31,32). The largest absolute Gasteiger partial charge is 0.478 e. The second-order valence-corrected chi connectivity index (χ2v) is 7.73. The van der Waals surface area contributed by atoms with Crippen molar-refractivity contribution in [2.45, 2.75) is 39.2 Å². The highest BCUT2D eigenvalue weighted by molar-refractivity contribution is 5.95. The zero-order chi connectivity index (χ0) is 22.3. The molecular formula is C26H26N4O2. The number of carboxylic acid groups (broad SMARTS) is 1. The fourth-order valence-corrected chi connectivity index (χ4v) is 3.72. The lowest BCUT2D eigenvalue weighted by molar-refractivity contribution is 0.0697. The summed E-state index contributed by atoms with van der Waals surface area (Å²) in [6.45, 7) is 2.67. The molecular weight excluding hydrogens is 400 g/mol. The molecule has 1 N–H and O–H groups in total. The molecule has 0 spiro atoms. The smallest absolute Gasteiger partial charge is 0.336 e. The zero-order valence-electron chi connectivity index (χ0n) is 18.1. The van der Waals surface area contributed by atoms with E-state index in [4.69, 9.17) is 10.1 Å². The summed E-state index contributed by atoms with van der Waals surface area (Å²) in [5, 5.41) is 14.2. The van der Waals surface area contributed by atoms with E-state index in [0.717, 1.165) is 48.6 Å². The Bertz CT molecular complexity index is 1180. The second kappa shape index (κ2) is 10.0. The summed E-state index contributed by atoms with van der Waals surface area (Å²) < 4.78 is 1.94. The van der Waals surface area contributed by atoms with Crippen molar-refractivity contribution in [3.05, 3.63) is 101 Å². The molecule has 6 heteroatoms. The van der Waals surface area contributed by atoms with E-state index in [0.29, 0.717) is 12.1 Å². The number of nitrogens with zero attached hydrogens (tertiary/aromatic N) is 4. The van der Waals surface area contributed by atoms with Gasteiger partial charge in [-0.25, -0.2) is 14.5 Å². The average molecular weight is 427 g/mol. The summed E-state index contributed by atoms with van der Waals surface area (Å²) >= 11 is 0. The third kappa shape index (κ3) is 5.09. The van der Waals surface area contributed by atoms with Crippen LogP contribution in [0.2, 0.25) is 0 Å². The number of hydrogen-bond acceptors (Lipinski definition) is 4. The van der Waals surface area contributed by atoms with E-state index >= 15 is 0 Å². The van der Waals surface area contributed by atoms with Crippen LogP contribution in [0.15, 0.2) is 72.9 Å². The third-order valence-electron chi connectivity index (χ3n) is 5.35. The van der Waals surface area contributed by atoms with Gasteiger partial charge in [0.05, 0.1) is 17.8 Å². The third-order valence-corrected chi connectivity index (χ3v) is 5.35. The first-order valence-corrected chi connectivity index (χ1v) is 10.9. The summed E-state index contributed by atoms with van der Waals surface area (Å²) in [6, 6.07) is 21.2. The van der Waals surface area contributed by atoms with Crippen LogP contribution < -0.4 is 0 Å². The van der Waals surface area contributed by atoms with Crippen molar-refractivity contribution in [1.82, 2.24) is 19.7 Å². The Balaban J connectivity index is 1.51. The quantitative estimate of drug-likeness (QED) is 0.415. The van der Waals surface area contributed by atoms with E-state index in [1.807, 2.05) is 41.1 Å². The lowest BCUT2D eigenvalue weighted by Crippen LogP contribution is -2.08. The average Bonchev–Trinajstić information content (AvgIpc) is 3.20. The first-order valence-electron chi connectivity index (χ1n) is 10.9. The highest BCUT2D eigenvalue weighted by Gasteiger charge is 2.13. The van der Waals surface area contributed by atoms with E-state index in [1.54, 1.807) is 24.4 Å². The molecule has 2 aromatic carbocycles. The van der Waals surface area contributed by atoms with Crippen LogP contribution in [-0.2, 0) is 25.8 Å². The minimum absolute atomic E-state index is 0.270. The Labute approximate surface area is 187 Å². The Kier molecular flexibility index (Phi) is 6.70. The SMILES string of the molecule is CCCc1nc(CCc2ccccc2)nn1Cc1ccc(-c2ccccc2C(=O)O)cn1. The molecule has 0 amide bonds. The van der Waals surface area contributed by atoms with Crippen molar-refractivity contribution in [3.63, 3.8) is 0 Å². The Morgan fingerprint density at radius 3 is 2.44 bits per heavy atom. The lowest BCUT2D eigenvalue weighted by Gasteiger charge is -2.08. The van der Waals surface area contributed by atoms with Gasteiger partial charge in [-0.15, -0.1) is 0 Å². The van der Waals surface area contributed by atoms with Crippen LogP contribution in [0.5, 0.6) is 0 Å². The van der Waals surface area contributed by atoms with Gasteiger partial charge in [-0.2, -0.15) is 5.10 Å². The monoisotopic (exact) mass is 426 g/mol. The maximum absolute atomic E-state index is 11.5. The molecule has 2 aromatic heterocycles. The molecule has 0 saturated carbocycles. The highest BCUT2D eigenvalue weighted by Crippen LogP contribution is 2.23. The molecule has 0 bridgehead atoms. The summed E-state index contributed by atoms with van der Waals surface area (Å²) in [4.78, 5) is 20.8. The number of aryl methyl sites for hydroxylation is 3. The minimum atomic E-state index is -0.945. The van der Waals surface area contributed by atoms with Gasteiger partial charge in [-0.1, -0.05) is 61.5 Å². The molecule has 6 nitrogen and oxygen atoms in total. The molecule has 162 valence electrons. The van der Waals surface area contributed by atoms with Crippen molar-refractivity contribution < 1.29 is 9.90 Å². The molecule has 0 aliphatic carbocycles. The molecule has 0 atom stereocenters. The number of rotatable bonds is 9. The van der Waals surface area contributed by atoms with Crippen LogP contribution in [0.3, 0.4) is 0 Å². The normalized spacial score (nSPS) is 10.9. The van der Waals surface area contributed by atoms with Gasteiger partial charge >= 0.3 is 5.97 Å². The van der Waals surface area contributed by atoms with Crippen molar-refractivity contribution in [2.24, 2.45) is 0 Å². The van der Waals surface area contributed by atoms with E-state index in [-0.39, 0.29) is 5.56 Å². The van der Waals surface area contributed by atoms with Crippen LogP contribution in [-0.4, -0.2) is 30.8 Å². The molecule has 0 aliphatic heterocycles. The van der Waals surface area contributed by atoms with Gasteiger partial charge in [-0.05, 0) is 36.1 Å². The fraction of sp³-hybridized carbons (Fsp3) is 0.231. The number of hydrogen-bond donors (Lipinski definition) is 1. The van der Waals surface area contributed by atoms with Crippen molar-refractivity contribution in [2.75, 3.05) is 0 Å². The first-order chi connectivity index (χ1) is 15.6. The molecule has 0 radical (unpaired) electrons. The van der Waals surface area contributed by atoms with Gasteiger partial charge < -0.3 is 5.11 Å². The van der Waals surface area contributed by atoms with E-state index in [9.17, 15) is 9.90 Å². The summed E-state index contributed by atoms with van der Waals surface area (Å²) in [5.41, 5.74) is 3.85. The Hall–Kier alpha value is -3.80. The van der Waals surface area contributed by atoms with E-state index in [1.165, 1.54) is 5.56 Å². The molecule has 0 fully saturated rings. The van der Waals surface area contributed by atoms with Crippen LogP contribution in [0.25, 0.3) is 11.1 Å². The zero-order valence-corrected chi connectivity index (χ0v) is 18.1. The van der Waals surface area contributed by atoms with Crippen LogP contribution in [0.4, 0.5) is 0 Å². The molecule has 0 unspecified atom stereocenters. The minimum Gasteiger partial charge on any atom is -0.478 e. The van der Waals surface area contributed by atoms with Gasteiger partial charge in [0, 0.05) is 24.6 Å². The number of aromatic nitrogens is 4. The molecule has 4 aromatic rings. The van der Waals surface area contributed by atoms with Gasteiger partial charge in [0.1, 0.15) is 5.82 Å². The maximum Gasteiger partial charge on any atom is 0.336 e. The lowest BCUT2D eigenvalue weighted by atomic mass is 10.0. The number of aromatic carboxylic acids is 1. The molecule has 0 aliphatic rings. The number of pyridine rings is 1. The van der Waals surface area contributed by atoms with Gasteiger partial charge in [0.15, 0.2) is 5.82 Å². The number of carbonyl (C=O) groups is 1. The van der Waals surface area contributed by atoms with Gasteiger partial charge in [-0.3, -0.25) is 4.98 Å². The Morgan fingerprint density at radius 2 is 1.72 bits per heavy atom. The van der Waals surface area contributed by atoms with E-state index in [2.05, 4.69) is 24.0 Å². The number of carboxylic acids is 1. The summed E-state index contributed by atoms with van der Waals surface area (Å²) in [7, 11) is 0. The van der Waals surface area contributed by atoms with Crippen molar-refractivity contribution in [1.29, 1.82) is 0 Å². The molecule has 32 heavy (non-hydrogen) atoms. The molecule has 4 rings (SSSR count). The molecule has 0 saturated heterocycles. The van der Waals surface area contributed by atoms with Gasteiger partial charge in [0.25, 0.3) is 0 Å². The molecule has 2 heterocycles. The van der Waals surface area contributed by atoms with Crippen molar-refractivity contribution in [3.8, 4) is 11.1 Å². The van der Waals surface area contributed by atoms with Crippen molar-refractivity contribution >= 4 is 5.97 Å². The second-order valence-electron chi connectivity index (χ2n) is 7.73. The van der Waals surface area contributed by atoms with E-state index < -0.39 is 5.97 Å². The van der Waals surface area contributed by atoms with Gasteiger partial charge in [0.2, 0.25) is 0 Å². The summed E-state index contributed by atoms with van der Waals surface area (Å²) in [6.07, 6.45) is 5.29. The van der Waals surface area contributed by atoms with Crippen LogP contribution in [0, 0.1) is 0 Å². The fourth-order valence-electron chi connectivity index (χ4n) is 3.72. The summed E-state index contributed by atoms with van der Waals surface area (Å²) in [5.74, 6) is 0.876. The Morgan fingerprint density at radius 1 is 0.938 bits per heavy atom. The highest BCUT2D eigenvalue weighted by atomic mass is 16.4. The maximum atomic E-state index is 11.5. The number of benzene rings is 2. The topological polar surface area (TPSA) is 80.9 Å². The predicted octanol–water partition coefficient (Wildman–Crippen LogP) is 4.82. The predicted molar refractivity (Wildman–Crippen MR) is 124 cm³/mol. The van der Waals surface area contributed by atoms with Crippen LogP contribution in [0.1, 0.15) is 46.6 Å².